The number of carbonyl (C=O) groups excluding carboxylic acids is 2. The van der Waals surface area contributed by atoms with E-state index in [0.717, 1.165) is 0 Å². The van der Waals surface area contributed by atoms with Crippen LogP contribution in [-0.4, -0.2) is 36.9 Å². The van der Waals surface area contributed by atoms with E-state index in [1.54, 1.807) is 36.5 Å². The number of hydrogen-bond donors (Lipinski definition) is 3. The normalized spacial score (nSPS) is 11.4. The van der Waals surface area contributed by atoms with Gasteiger partial charge in [-0.25, -0.2) is 14.4 Å². The molecule has 11 heteroatoms. The monoisotopic (exact) mass is 539 g/mol. The van der Waals surface area contributed by atoms with Gasteiger partial charge < -0.3 is 20.1 Å². The number of halogens is 1. The SMILES string of the molecule is C=CC(=O)Nc1ccccc1-c1nc2nccc(-c3ccc(CNC(=O)c4nc(C(C)(C)C)no4)c(F)c3)c2[nH]1. The van der Waals surface area contributed by atoms with Crippen LogP contribution in [0.15, 0.2) is 71.9 Å². The van der Waals surface area contributed by atoms with E-state index in [0.29, 0.717) is 45.2 Å². The molecule has 3 aromatic heterocycles. The number of aromatic nitrogens is 5. The van der Waals surface area contributed by atoms with E-state index in [-0.39, 0.29) is 29.3 Å². The average Bonchev–Trinajstić information content (AvgIpc) is 3.60. The Morgan fingerprint density at radius 2 is 1.90 bits per heavy atom. The number of H-pyrrole nitrogens is 1. The Labute approximate surface area is 228 Å². The number of nitrogens with zero attached hydrogens (tertiary/aromatic N) is 4. The first-order valence-corrected chi connectivity index (χ1v) is 12.4. The zero-order valence-electron chi connectivity index (χ0n) is 22.1. The van der Waals surface area contributed by atoms with Crippen LogP contribution in [0.5, 0.6) is 0 Å². The van der Waals surface area contributed by atoms with Crippen LogP contribution >= 0.6 is 0 Å². The molecule has 5 rings (SSSR count). The molecule has 0 saturated heterocycles. The standard InChI is InChI=1S/C29H26FN7O3/c1-5-22(38)33-21-9-7-6-8-19(21)24-34-23-18(12-13-31-25(23)35-24)16-10-11-17(20(30)14-16)15-32-26(39)27-36-28(37-40-27)29(2,3)4/h5-14H,1,15H2,2-4H3,(H,32,39)(H,33,38)(H,31,34,35). The average molecular weight is 540 g/mol. The van der Waals surface area contributed by atoms with Gasteiger partial charge in [-0.15, -0.1) is 0 Å². The smallest absolute Gasteiger partial charge is 0.315 e. The number of rotatable bonds is 7. The van der Waals surface area contributed by atoms with Gasteiger partial charge in [0.05, 0.1) is 11.2 Å². The summed E-state index contributed by atoms with van der Waals surface area (Å²) in [5.74, 6) is -0.713. The number of benzene rings is 2. The summed E-state index contributed by atoms with van der Waals surface area (Å²) in [4.78, 5) is 40.7. The summed E-state index contributed by atoms with van der Waals surface area (Å²) < 4.78 is 20.2. The molecular formula is C29H26FN7O3. The van der Waals surface area contributed by atoms with Crippen LogP contribution in [0, 0.1) is 5.82 Å². The molecular weight excluding hydrogens is 513 g/mol. The Hall–Kier alpha value is -5.19. The van der Waals surface area contributed by atoms with Crippen LogP contribution in [-0.2, 0) is 16.8 Å². The van der Waals surface area contributed by atoms with Crippen molar-refractivity contribution in [1.82, 2.24) is 30.4 Å². The maximum atomic E-state index is 15.1. The molecule has 0 fully saturated rings. The lowest BCUT2D eigenvalue weighted by molar-refractivity contribution is -0.111. The molecule has 0 radical (unpaired) electrons. The molecule has 2 amide bonds. The summed E-state index contributed by atoms with van der Waals surface area (Å²) in [5, 5.41) is 9.22. The number of carbonyl (C=O) groups is 2. The van der Waals surface area contributed by atoms with Gasteiger partial charge in [0.2, 0.25) is 5.91 Å². The first-order valence-electron chi connectivity index (χ1n) is 12.4. The number of hydrogen-bond acceptors (Lipinski definition) is 7. The molecule has 0 saturated carbocycles. The minimum absolute atomic E-state index is 0.0641. The molecule has 202 valence electrons. The molecule has 3 N–H and O–H groups in total. The van der Waals surface area contributed by atoms with Crippen molar-refractivity contribution in [3.05, 3.63) is 90.5 Å². The molecule has 40 heavy (non-hydrogen) atoms. The zero-order chi connectivity index (χ0) is 28.4. The summed E-state index contributed by atoms with van der Waals surface area (Å²) in [6, 6.07) is 13.7. The fourth-order valence-electron chi connectivity index (χ4n) is 3.99. The first-order chi connectivity index (χ1) is 19.1. The van der Waals surface area contributed by atoms with Crippen LogP contribution in [0.4, 0.5) is 10.1 Å². The lowest BCUT2D eigenvalue weighted by Crippen LogP contribution is -2.24. The quantitative estimate of drug-likeness (QED) is 0.243. The van der Waals surface area contributed by atoms with Gasteiger partial charge in [0.1, 0.15) is 11.6 Å². The Bertz CT molecular complexity index is 1750. The maximum Gasteiger partial charge on any atom is 0.315 e. The van der Waals surface area contributed by atoms with E-state index >= 15 is 4.39 Å². The van der Waals surface area contributed by atoms with Gasteiger partial charge in [0.25, 0.3) is 0 Å². The van der Waals surface area contributed by atoms with E-state index < -0.39 is 11.7 Å². The highest BCUT2D eigenvalue weighted by atomic mass is 19.1. The van der Waals surface area contributed by atoms with Crippen molar-refractivity contribution in [2.24, 2.45) is 0 Å². The molecule has 0 unspecified atom stereocenters. The van der Waals surface area contributed by atoms with Gasteiger partial charge in [0.15, 0.2) is 11.5 Å². The number of pyridine rings is 1. The number of amides is 2. The molecule has 0 atom stereocenters. The second-order valence-electron chi connectivity index (χ2n) is 10.0. The molecule has 3 heterocycles. The Balaban J connectivity index is 1.38. The second-order valence-corrected chi connectivity index (χ2v) is 10.0. The summed E-state index contributed by atoms with van der Waals surface area (Å²) in [7, 11) is 0. The maximum absolute atomic E-state index is 15.1. The van der Waals surface area contributed by atoms with Gasteiger partial charge in [-0.2, -0.15) is 4.98 Å². The lowest BCUT2D eigenvalue weighted by atomic mass is 9.96. The van der Waals surface area contributed by atoms with Crippen molar-refractivity contribution >= 4 is 28.7 Å². The van der Waals surface area contributed by atoms with Crippen LogP contribution < -0.4 is 10.6 Å². The molecule has 0 aliphatic rings. The fourth-order valence-corrected chi connectivity index (χ4v) is 3.99. The van der Waals surface area contributed by atoms with Crippen LogP contribution in [0.3, 0.4) is 0 Å². The van der Waals surface area contributed by atoms with Gasteiger partial charge in [0, 0.05) is 34.8 Å². The number of fused-ring (bicyclic) bond motifs is 1. The molecule has 0 aliphatic carbocycles. The Morgan fingerprint density at radius 1 is 1.10 bits per heavy atom. The van der Waals surface area contributed by atoms with E-state index in [1.165, 1.54) is 12.1 Å². The predicted octanol–water partition coefficient (Wildman–Crippen LogP) is 5.17. The minimum atomic E-state index is -0.586. The number of aromatic amines is 1. The third kappa shape index (κ3) is 5.35. The summed E-state index contributed by atoms with van der Waals surface area (Å²) >= 11 is 0. The molecule has 10 nitrogen and oxygen atoms in total. The number of anilines is 1. The second kappa shape index (κ2) is 10.5. The van der Waals surface area contributed by atoms with Gasteiger partial charge in [-0.3, -0.25) is 9.59 Å². The largest absolute Gasteiger partial charge is 0.344 e. The van der Waals surface area contributed by atoms with Gasteiger partial charge in [-0.1, -0.05) is 56.8 Å². The summed E-state index contributed by atoms with van der Waals surface area (Å²) in [6.45, 7) is 9.13. The summed E-state index contributed by atoms with van der Waals surface area (Å²) in [5.41, 5.74) is 3.45. The topological polar surface area (TPSA) is 139 Å². The van der Waals surface area contributed by atoms with Crippen LogP contribution in [0.2, 0.25) is 0 Å². The van der Waals surface area contributed by atoms with Crippen molar-refractivity contribution in [2.45, 2.75) is 32.7 Å². The Kier molecular flexibility index (Phi) is 6.95. The van der Waals surface area contributed by atoms with Crippen LogP contribution in [0.25, 0.3) is 33.7 Å². The van der Waals surface area contributed by atoms with E-state index in [1.807, 2.05) is 32.9 Å². The third-order valence-corrected chi connectivity index (χ3v) is 6.11. The number of para-hydroxylation sites is 1. The minimum Gasteiger partial charge on any atom is -0.344 e. The molecule has 0 aliphatic heterocycles. The van der Waals surface area contributed by atoms with Gasteiger partial charge in [-0.05, 0) is 35.9 Å². The van der Waals surface area contributed by atoms with E-state index in [2.05, 4.69) is 42.3 Å². The predicted molar refractivity (Wildman–Crippen MR) is 148 cm³/mol. The number of imidazole rings is 1. The first kappa shape index (κ1) is 26.4. The molecule has 2 aromatic carbocycles. The van der Waals surface area contributed by atoms with Crippen molar-refractivity contribution < 1.29 is 18.5 Å². The highest BCUT2D eigenvalue weighted by Gasteiger charge is 2.24. The molecule has 0 spiro atoms. The lowest BCUT2D eigenvalue weighted by Gasteiger charge is -2.10. The van der Waals surface area contributed by atoms with Gasteiger partial charge >= 0.3 is 11.8 Å². The van der Waals surface area contributed by atoms with Crippen molar-refractivity contribution in [3.8, 4) is 22.5 Å². The zero-order valence-corrected chi connectivity index (χ0v) is 22.1. The fraction of sp³-hybridized carbons (Fsp3) is 0.172. The Morgan fingerprint density at radius 3 is 2.62 bits per heavy atom. The molecule has 5 aromatic rings. The van der Waals surface area contributed by atoms with E-state index in [4.69, 9.17) is 4.52 Å². The third-order valence-electron chi connectivity index (χ3n) is 6.11. The van der Waals surface area contributed by atoms with Crippen molar-refractivity contribution in [1.29, 1.82) is 0 Å². The van der Waals surface area contributed by atoms with Crippen LogP contribution in [0.1, 0.15) is 42.8 Å². The number of nitrogens with one attached hydrogen (secondary N) is 3. The van der Waals surface area contributed by atoms with Crippen molar-refractivity contribution in [2.75, 3.05) is 5.32 Å². The molecule has 0 bridgehead atoms. The summed E-state index contributed by atoms with van der Waals surface area (Å²) in [6.07, 6.45) is 2.78. The highest BCUT2D eigenvalue weighted by Crippen LogP contribution is 2.32. The van der Waals surface area contributed by atoms with E-state index in [9.17, 15) is 9.59 Å². The van der Waals surface area contributed by atoms with Crippen molar-refractivity contribution in [3.63, 3.8) is 0 Å². The highest BCUT2D eigenvalue weighted by molar-refractivity contribution is 6.02.